The van der Waals surface area contributed by atoms with E-state index in [0.717, 1.165) is 36.4 Å². The monoisotopic (exact) mass is 211 g/mol. The zero-order valence-electron chi connectivity index (χ0n) is 8.10. The third-order valence-electron chi connectivity index (χ3n) is 2.57. The zero-order valence-corrected chi connectivity index (χ0v) is 8.92. The van der Waals surface area contributed by atoms with Crippen molar-refractivity contribution < 1.29 is 9.53 Å². The summed E-state index contributed by atoms with van der Waals surface area (Å²) in [5.41, 5.74) is 1.15. The zero-order chi connectivity index (χ0) is 9.97. The van der Waals surface area contributed by atoms with E-state index in [4.69, 9.17) is 4.74 Å². The highest BCUT2D eigenvalue weighted by Gasteiger charge is 2.22. The van der Waals surface area contributed by atoms with Gasteiger partial charge in [0.2, 0.25) is 0 Å². The minimum absolute atomic E-state index is 0.342. The Morgan fingerprint density at radius 2 is 2.57 bits per heavy atom. The fourth-order valence-electron chi connectivity index (χ4n) is 1.72. The molecule has 1 aromatic rings. The number of carbonyl (C=O) groups is 1. The smallest absolute Gasteiger partial charge is 0.160 e. The lowest BCUT2D eigenvalue weighted by Gasteiger charge is -2.15. The number of anilines is 1. The van der Waals surface area contributed by atoms with E-state index in [0.29, 0.717) is 6.10 Å². The summed E-state index contributed by atoms with van der Waals surface area (Å²) in [6, 6.07) is 1.94. The van der Waals surface area contributed by atoms with Gasteiger partial charge in [0, 0.05) is 31.3 Å². The van der Waals surface area contributed by atoms with E-state index >= 15 is 0 Å². The SMILES string of the molecule is COC1CCN(c2csc(C=O)c2)C1. The van der Waals surface area contributed by atoms with Gasteiger partial charge < -0.3 is 9.64 Å². The quantitative estimate of drug-likeness (QED) is 0.714. The molecule has 0 bridgehead atoms. The molecule has 2 heterocycles. The Hall–Kier alpha value is -0.870. The number of hydrogen-bond acceptors (Lipinski definition) is 4. The summed E-state index contributed by atoms with van der Waals surface area (Å²) < 4.78 is 5.29. The van der Waals surface area contributed by atoms with Gasteiger partial charge in [-0.15, -0.1) is 11.3 Å². The van der Waals surface area contributed by atoms with Gasteiger partial charge >= 0.3 is 0 Å². The molecule has 1 aromatic heterocycles. The van der Waals surface area contributed by atoms with E-state index in [-0.39, 0.29) is 0 Å². The fourth-order valence-corrected chi connectivity index (χ4v) is 2.44. The van der Waals surface area contributed by atoms with E-state index in [9.17, 15) is 4.79 Å². The van der Waals surface area contributed by atoms with Gasteiger partial charge in [-0.05, 0) is 12.5 Å². The molecule has 1 aliphatic rings. The highest BCUT2D eigenvalue weighted by Crippen LogP contribution is 2.26. The summed E-state index contributed by atoms with van der Waals surface area (Å²) in [6.45, 7) is 1.96. The Labute approximate surface area is 87.3 Å². The highest BCUT2D eigenvalue weighted by molar-refractivity contribution is 7.12. The molecule has 4 heteroatoms. The average Bonchev–Trinajstić information content (AvgIpc) is 2.86. The van der Waals surface area contributed by atoms with E-state index in [1.54, 1.807) is 7.11 Å². The molecule has 0 aromatic carbocycles. The van der Waals surface area contributed by atoms with Crippen molar-refractivity contribution in [1.29, 1.82) is 0 Å². The fraction of sp³-hybridized carbons (Fsp3) is 0.500. The largest absolute Gasteiger partial charge is 0.380 e. The molecule has 0 saturated carbocycles. The first-order valence-corrected chi connectivity index (χ1v) is 5.53. The molecule has 1 aliphatic heterocycles. The second-order valence-corrected chi connectivity index (χ2v) is 4.36. The predicted octanol–water partition coefficient (Wildman–Crippen LogP) is 1.79. The van der Waals surface area contributed by atoms with Gasteiger partial charge in [-0.2, -0.15) is 0 Å². The minimum Gasteiger partial charge on any atom is -0.380 e. The van der Waals surface area contributed by atoms with Gasteiger partial charge in [-0.25, -0.2) is 0 Å². The van der Waals surface area contributed by atoms with Gasteiger partial charge in [0.15, 0.2) is 6.29 Å². The molecule has 3 nitrogen and oxygen atoms in total. The van der Waals surface area contributed by atoms with E-state index in [1.807, 2.05) is 11.4 Å². The molecule has 1 atom stereocenters. The van der Waals surface area contributed by atoms with Crippen LogP contribution in [0.4, 0.5) is 5.69 Å². The number of methoxy groups -OCH3 is 1. The molecule has 2 rings (SSSR count). The van der Waals surface area contributed by atoms with Crippen molar-refractivity contribution in [2.24, 2.45) is 0 Å². The van der Waals surface area contributed by atoms with E-state index < -0.39 is 0 Å². The number of carbonyl (C=O) groups excluding carboxylic acids is 1. The second-order valence-electron chi connectivity index (χ2n) is 3.42. The number of nitrogens with zero attached hydrogens (tertiary/aromatic N) is 1. The van der Waals surface area contributed by atoms with Crippen LogP contribution in [0, 0.1) is 0 Å². The van der Waals surface area contributed by atoms with E-state index in [2.05, 4.69) is 4.90 Å². The van der Waals surface area contributed by atoms with Crippen molar-refractivity contribution in [3.8, 4) is 0 Å². The third kappa shape index (κ3) is 1.81. The predicted molar refractivity (Wildman–Crippen MR) is 57.3 cm³/mol. The molecular weight excluding hydrogens is 198 g/mol. The Morgan fingerprint density at radius 1 is 1.71 bits per heavy atom. The third-order valence-corrected chi connectivity index (χ3v) is 3.41. The number of ether oxygens (including phenoxy) is 1. The summed E-state index contributed by atoms with van der Waals surface area (Å²) in [6.07, 6.45) is 2.32. The Morgan fingerprint density at radius 3 is 3.14 bits per heavy atom. The van der Waals surface area contributed by atoms with Crippen molar-refractivity contribution in [2.75, 3.05) is 25.1 Å². The van der Waals surface area contributed by atoms with Gasteiger partial charge in [-0.3, -0.25) is 4.79 Å². The summed E-state index contributed by atoms with van der Waals surface area (Å²) in [5, 5.41) is 2.03. The molecule has 1 unspecified atom stereocenters. The van der Waals surface area contributed by atoms with Crippen LogP contribution in [-0.2, 0) is 4.74 Å². The molecule has 14 heavy (non-hydrogen) atoms. The molecule has 0 N–H and O–H groups in total. The maximum absolute atomic E-state index is 10.5. The molecule has 0 aliphatic carbocycles. The summed E-state index contributed by atoms with van der Waals surface area (Å²) in [7, 11) is 1.75. The first-order valence-electron chi connectivity index (χ1n) is 4.65. The molecule has 0 amide bonds. The lowest BCUT2D eigenvalue weighted by molar-refractivity contribution is 0.112. The normalized spacial score (nSPS) is 21.5. The van der Waals surface area contributed by atoms with Gasteiger partial charge in [0.25, 0.3) is 0 Å². The van der Waals surface area contributed by atoms with Crippen molar-refractivity contribution in [2.45, 2.75) is 12.5 Å². The number of rotatable bonds is 3. The lowest BCUT2D eigenvalue weighted by atomic mass is 10.3. The minimum atomic E-state index is 0.342. The van der Waals surface area contributed by atoms with Crippen molar-refractivity contribution in [3.05, 3.63) is 16.3 Å². The van der Waals surface area contributed by atoms with Crippen LogP contribution in [0.1, 0.15) is 16.1 Å². The summed E-state index contributed by atoms with van der Waals surface area (Å²) in [4.78, 5) is 13.6. The lowest BCUT2D eigenvalue weighted by Crippen LogP contribution is -2.21. The molecule has 1 saturated heterocycles. The topological polar surface area (TPSA) is 29.5 Å². The second kappa shape index (κ2) is 4.11. The van der Waals surface area contributed by atoms with Crippen LogP contribution in [0.2, 0.25) is 0 Å². The first kappa shape index (κ1) is 9.68. The average molecular weight is 211 g/mol. The van der Waals surface area contributed by atoms with Crippen LogP contribution >= 0.6 is 11.3 Å². The van der Waals surface area contributed by atoms with Crippen molar-refractivity contribution in [3.63, 3.8) is 0 Å². The molecule has 0 spiro atoms. The Balaban J connectivity index is 2.05. The number of thiophene rings is 1. The van der Waals surface area contributed by atoms with Crippen LogP contribution in [-0.4, -0.2) is 32.6 Å². The summed E-state index contributed by atoms with van der Waals surface area (Å²) in [5.74, 6) is 0. The number of hydrogen-bond donors (Lipinski definition) is 0. The molecule has 0 radical (unpaired) electrons. The van der Waals surface area contributed by atoms with Gasteiger partial charge in [-0.1, -0.05) is 0 Å². The van der Waals surface area contributed by atoms with Crippen LogP contribution in [0.5, 0.6) is 0 Å². The Kier molecular flexibility index (Phi) is 2.84. The molecule has 76 valence electrons. The maximum Gasteiger partial charge on any atom is 0.160 e. The molecular formula is C10H13NO2S. The van der Waals surface area contributed by atoms with Crippen LogP contribution in [0.25, 0.3) is 0 Å². The van der Waals surface area contributed by atoms with Gasteiger partial charge in [0.05, 0.1) is 11.0 Å². The van der Waals surface area contributed by atoms with Crippen molar-refractivity contribution in [1.82, 2.24) is 0 Å². The Bertz CT molecular complexity index is 324. The van der Waals surface area contributed by atoms with Crippen molar-refractivity contribution >= 4 is 23.3 Å². The summed E-state index contributed by atoms with van der Waals surface area (Å²) >= 11 is 1.49. The first-order chi connectivity index (χ1) is 6.83. The van der Waals surface area contributed by atoms with E-state index in [1.165, 1.54) is 11.3 Å². The van der Waals surface area contributed by atoms with Crippen LogP contribution in [0.15, 0.2) is 11.4 Å². The maximum atomic E-state index is 10.5. The standard InChI is InChI=1S/C10H13NO2S/c1-13-9-2-3-11(5-9)8-4-10(6-12)14-7-8/h4,6-7,9H,2-3,5H2,1H3. The van der Waals surface area contributed by atoms with Gasteiger partial charge in [0.1, 0.15) is 0 Å². The van der Waals surface area contributed by atoms with Crippen LogP contribution < -0.4 is 4.90 Å². The highest BCUT2D eigenvalue weighted by atomic mass is 32.1. The molecule has 1 fully saturated rings. The number of aldehydes is 1. The van der Waals surface area contributed by atoms with Crippen LogP contribution in [0.3, 0.4) is 0 Å².